The first-order chi connectivity index (χ1) is 7.48. The van der Waals surface area contributed by atoms with Crippen LogP contribution in [0.3, 0.4) is 0 Å². The Hall–Kier alpha value is -1.29. The second-order valence-corrected chi connectivity index (χ2v) is 4.34. The molecule has 1 aromatic rings. The van der Waals surface area contributed by atoms with E-state index in [1.165, 1.54) is 0 Å². The van der Waals surface area contributed by atoms with Crippen LogP contribution >= 0.6 is 0 Å². The molecule has 0 aliphatic rings. The Morgan fingerprint density at radius 2 is 2.06 bits per heavy atom. The normalized spacial score (nSPS) is 11.3. The maximum atomic E-state index is 5.34. The lowest BCUT2D eigenvalue weighted by Gasteiger charge is -2.24. The number of rotatable bonds is 5. The quantitative estimate of drug-likeness (QED) is 0.833. The summed E-state index contributed by atoms with van der Waals surface area (Å²) >= 11 is 0. The molecule has 90 valence electrons. The van der Waals surface area contributed by atoms with Crippen molar-refractivity contribution in [3.05, 3.63) is 18.0 Å². The summed E-state index contributed by atoms with van der Waals surface area (Å²) in [6, 6.07) is 1.96. The van der Waals surface area contributed by atoms with Gasteiger partial charge >= 0.3 is 0 Å². The molecule has 0 spiro atoms. The predicted molar refractivity (Wildman–Crippen MR) is 65.1 cm³/mol. The summed E-state index contributed by atoms with van der Waals surface area (Å²) in [6.45, 7) is 6.72. The molecule has 1 aromatic heterocycles. The SMILES string of the molecule is COc1cnc(C)cc1NCC(C)(C)OC. The molecule has 0 saturated carbocycles. The minimum Gasteiger partial charge on any atom is -0.493 e. The van der Waals surface area contributed by atoms with Crippen molar-refractivity contribution < 1.29 is 9.47 Å². The van der Waals surface area contributed by atoms with Gasteiger partial charge in [-0.15, -0.1) is 0 Å². The van der Waals surface area contributed by atoms with E-state index >= 15 is 0 Å². The smallest absolute Gasteiger partial charge is 0.160 e. The molecule has 0 aliphatic carbocycles. The van der Waals surface area contributed by atoms with Gasteiger partial charge in [-0.2, -0.15) is 0 Å². The first kappa shape index (κ1) is 12.8. The summed E-state index contributed by atoms with van der Waals surface area (Å²) in [7, 11) is 3.34. The van der Waals surface area contributed by atoms with E-state index in [1.807, 2.05) is 26.8 Å². The molecular formula is C12H20N2O2. The molecule has 0 atom stereocenters. The number of hydrogen-bond acceptors (Lipinski definition) is 4. The van der Waals surface area contributed by atoms with Crippen molar-refractivity contribution in [2.45, 2.75) is 26.4 Å². The number of anilines is 1. The molecule has 0 amide bonds. The molecule has 0 aromatic carbocycles. The van der Waals surface area contributed by atoms with Crippen molar-refractivity contribution in [1.29, 1.82) is 0 Å². The number of hydrogen-bond donors (Lipinski definition) is 1. The molecule has 4 nitrogen and oxygen atoms in total. The average Bonchev–Trinajstić information content (AvgIpc) is 2.27. The van der Waals surface area contributed by atoms with Gasteiger partial charge in [0.15, 0.2) is 5.75 Å². The lowest BCUT2D eigenvalue weighted by Crippen LogP contribution is -2.32. The lowest BCUT2D eigenvalue weighted by atomic mass is 10.1. The van der Waals surface area contributed by atoms with Gasteiger partial charge in [0.25, 0.3) is 0 Å². The summed E-state index contributed by atoms with van der Waals surface area (Å²) in [4.78, 5) is 4.18. The molecule has 1 N–H and O–H groups in total. The maximum Gasteiger partial charge on any atom is 0.160 e. The summed E-state index contributed by atoms with van der Waals surface area (Å²) in [5.41, 5.74) is 1.70. The van der Waals surface area contributed by atoms with Crippen LogP contribution < -0.4 is 10.1 Å². The lowest BCUT2D eigenvalue weighted by molar-refractivity contribution is 0.0343. The number of aromatic nitrogens is 1. The van der Waals surface area contributed by atoms with Gasteiger partial charge in [0, 0.05) is 19.3 Å². The van der Waals surface area contributed by atoms with Crippen LogP contribution in [0.15, 0.2) is 12.3 Å². The minimum absolute atomic E-state index is 0.206. The number of methoxy groups -OCH3 is 2. The second-order valence-electron chi connectivity index (χ2n) is 4.34. The fourth-order valence-electron chi connectivity index (χ4n) is 1.23. The van der Waals surface area contributed by atoms with Crippen molar-refractivity contribution in [3.8, 4) is 5.75 Å². The summed E-state index contributed by atoms with van der Waals surface area (Å²) in [5, 5.41) is 3.31. The Morgan fingerprint density at radius 1 is 1.38 bits per heavy atom. The third-order valence-electron chi connectivity index (χ3n) is 2.48. The van der Waals surface area contributed by atoms with Crippen molar-refractivity contribution in [3.63, 3.8) is 0 Å². The van der Waals surface area contributed by atoms with Gasteiger partial charge in [0.2, 0.25) is 0 Å². The highest BCUT2D eigenvalue weighted by molar-refractivity contribution is 5.56. The van der Waals surface area contributed by atoms with Crippen LogP contribution in [0.1, 0.15) is 19.5 Å². The molecule has 0 unspecified atom stereocenters. The van der Waals surface area contributed by atoms with Crippen LogP contribution in [0.5, 0.6) is 5.75 Å². The molecule has 0 radical (unpaired) electrons. The van der Waals surface area contributed by atoms with E-state index in [0.29, 0.717) is 6.54 Å². The molecule has 16 heavy (non-hydrogen) atoms. The van der Waals surface area contributed by atoms with Crippen molar-refractivity contribution in [2.75, 3.05) is 26.1 Å². The number of nitrogens with one attached hydrogen (secondary N) is 1. The first-order valence-electron chi connectivity index (χ1n) is 5.28. The average molecular weight is 224 g/mol. The molecule has 0 bridgehead atoms. The molecule has 1 heterocycles. The highest BCUT2D eigenvalue weighted by atomic mass is 16.5. The van der Waals surface area contributed by atoms with Crippen LogP contribution in [0.2, 0.25) is 0 Å². The van der Waals surface area contributed by atoms with Crippen LogP contribution in [0.25, 0.3) is 0 Å². The molecule has 1 rings (SSSR count). The number of pyridine rings is 1. The van der Waals surface area contributed by atoms with E-state index < -0.39 is 0 Å². The predicted octanol–water partition coefficient (Wildman–Crippen LogP) is 2.24. The van der Waals surface area contributed by atoms with Crippen LogP contribution in [0, 0.1) is 6.92 Å². The number of aryl methyl sites for hydroxylation is 1. The van der Waals surface area contributed by atoms with Crippen LogP contribution in [-0.4, -0.2) is 31.3 Å². The van der Waals surface area contributed by atoms with E-state index in [2.05, 4.69) is 10.3 Å². The Bertz CT molecular complexity index is 351. The van der Waals surface area contributed by atoms with E-state index in [4.69, 9.17) is 9.47 Å². The van der Waals surface area contributed by atoms with Gasteiger partial charge in [-0.25, -0.2) is 0 Å². The third kappa shape index (κ3) is 3.38. The molecule has 4 heteroatoms. The van der Waals surface area contributed by atoms with E-state index in [0.717, 1.165) is 17.1 Å². The molecule has 0 saturated heterocycles. The van der Waals surface area contributed by atoms with Gasteiger partial charge in [-0.05, 0) is 26.8 Å². The fraction of sp³-hybridized carbons (Fsp3) is 0.583. The van der Waals surface area contributed by atoms with E-state index in [-0.39, 0.29) is 5.60 Å². The monoisotopic (exact) mass is 224 g/mol. The largest absolute Gasteiger partial charge is 0.493 e. The summed E-state index contributed by atoms with van der Waals surface area (Å²) in [5.74, 6) is 0.748. The highest BCUT2D eigenvalue weighted by Crippen LogP contribution is 2.24. The summed E-state index contributed by atoms with van der Waals surface area (Å²) in [6.07, 6.45) is 1.72. The standard InChI is InChI=1S/C12H20N2O2/c1-9-6-10(11(15-4)7-13-9)14-8-12(2,3)16-5/h6-7H,8H2,1-5H3,(H,13,14). The minimum atomic E-state index is -0.206. The summed E-state index contributed by atoms with van der Waals surface area (Å²) < 4.78 is 10.6. The third-order valence-corrected chi connectivity index (χ3v) is 2.48. The zero-order valence-corrected chi connectivity index (χ0v) is 10.6. The Kier molecular flexibility index (Phi) is 4.12. The molecule has 0 aliphatic heterocycles. The van der Waals surface area contributed by atoms with E-state index in [1.54, 1.807) is 20.4 Å². The van der Waals surface area contributed by atoms with Crippen molar-refractivity contribution in [1.82, 2.24) is 4.98 Å². The maximum absolute atomic E-state index is 5.34. The van der Waals surface area contributed by atoms with Crippen LogP contribution in [-0.2, 0) is 4.74 Å². The second kappa shape index (κ2) is 5.16. The zero-order chi connectivity index (χ0) is 12.2. The topological polar surface area (TPSA) is 43.4 Å². The van der Waals surface area contributed by atoms with Crippen molar-refractivity contribution >= 4 is 5.69 Å². The first-order valence-corrected chi connectivity index (χ1v) is 5.28. The Morgan fingerprint density at radius 3 is 2.62 bits per heavy atom. The van der Waals surface area contributed by atoms with Gasteiger partial charge in [0.1, 0.15) is 0 Å². The fourth-order valence-corrected chi connectivity index (χ4v) is 1.23. The number of ether oxygens (including phenoxy) is 2. The van der Waals surface area contributed by atoms with Gasteiger partial charge < -0.3 is 14.8 Å². The Labute approximate surface area is 97.0 Å². The molecular weight excluding hydrogens is 204 g/mol. The van der Waals surface area contributed by atoms with Gasteiger partial charge in [-0.3, -0.25) is 4.98 Å². The number of nitrogens with zero attached hydrogens (tertiary/aromatic N) is 1. The zero-order valence-electron chi connectivity index (χ0n) is 10.6. The van der Waals surface area contributed by atoms with E-state index in [9.17, 15) is 0 Å². The van der Waals surface area contributed by atoms with Gasteiger partial charge in [0.05, 0.1) is 24.6 Å². The Balaban J connectivity index is 2.76. The molecule has 0 fully saturated rings. The van der Waals surface area contributed by atoms with Gasteiger partial charge in [-0.1, -0.05) is 0 Å². The van der Waals surface area contributed by atoms with Crippen LogP contribution in [0.4, 0.5) is 5.69 Å². The highest BCUT2D eigenvalue weighted by Gasteiger charge is 2.16. The van der Waals surface area contributed by atoms with Crippen molar-refractivity contribution in [2.24, 2.45) is 0 Å².